The van der Waals surface area contributed by atoms with Gasteiger partial charge in [-0.3, -0.25) is 9.59 Å². The number of Topliss-reactive ketones (excluding diaryl/α,β-unsaturated/α-hetero) is 1. The second kappa shape index (κ2) is 5.84. The Hall–Kier alpha value is -0.910. The number of fused-ring (bicyclic) bond motifs is 2. The van der Waals surface area contributed by atoms with Gasteiger partial charge < -0.3 is 5.32 Å². The van der Waals surface area contributed by atoms with Crippen molar-refractivity contribution in [2.45, 2.75) is 32.1 Å². The van der Waals surface area contributed by atoms with Gasteiger partial charge in [-0.2, -0.15) is 0 Å². The lowest BCUT2D eigenvalue weighted by molar-refractivity contribution is -0.136. The van der Waals surface area contributed by atoms with Crippen molar-refractivity contribution in [3.63, 3.8) is 0 Å². The van der Waals surface area contributed by atoms with Crippen LogP contribution in [0.5, 0.6) is 0 Å². The maximum atomic E-state index is 12.4. The Bertz CT molecular complexity index is 527. The average molecular weight is 383 g/mol. The quantitative estimate of drug-likeness (QED) is 0.793. The number of ketones is 1. The lowest BCUT2D eigenvalue weighted by Crippen LogP contribution is -2.40. The highest BCUT2D eigenvalue weighted by Gasteiger charge is 2.41. The predicted molar refractivity (Wildman–Crippen MR) is 86.4 cm³/mol. The number of hydrogen-bond donors (Lipinski definition) is 1. The normalized spacial score (nSPS) is 29.1. The minimum atomic E-state index is 0.000803. The van der Waals surface area contributed by atoms with E-state index in [9.17, 15) is 9.59 Å². The SMILES string of the molecule is O=C(Nc1cccc(I)c1)C1C[C@H]2CCC[C@@H](C1)C2=O. The fraction of sp³-hybridized carbons (Fsp3) is 0.500. The molecule has 0 heterocycles. The molecular weight excluding hydrogens is 365 g/mol. The Kier molecular flexibility index (Phi) is 4.10. The number of benzene rings is 1. The van der Waals surface area contributed by atoms with E-state index in [0.29, 0.717) is 5.78 Å². The highest BCUT2D eigenvalue weighted by molar-refractivity contribution is 14.1. The second-order valence-electron chi connectivity index (χ2n) is 5.90. The molecule has 0 saturated heterocycles. The zero-order valence-corrected chi connectivity index (χ0v) is 13.4. The van der Waals surface area contributed by atoms with Crippen molar-refractivity contribution in [2.75, 3.05) is 5.32 Å². The summed E-state index contributed by atoms with van der Waals surface area (Å²) < 4.78 is 1.11. The topological polar surface area (TPSA) is 46.2 Å². The standard InChI is InChI=1S/C16H18INO2/c17-13-5-2-6-14(9-13)18-16(20)12-7-10-3-1-4-11(8-12)15(10)19/h2,5-6,9-12H,1,3-4,7-8H2,(H,18,20)/t10-,11+,12?. The van der Waals surface area contributed by atoms with Crippen LogP contribution in [0.15, 0.2) is 24.3 Å². The van der Waals surface area contributed by atoms with Crippen LogP contribution in [-0.2, 0) is 9.59 Å². The Balaban J connectivity index is 1.67. The molecule has 1 aromatic carbocycles. The number of halogens is 1. The summed E-state index contributed by atoms with van der Waals surface area (Å²) >= 11 is 2.24. The summed E-state index contributed by atoms with van der Waals surface area (Å²) in [5, 5.41) is 3.00. The van der Waals surface area contributed by atoms with E-state index in [2.05, 4.69) is 27.9 Å². The fourth-order valence-electron chi connectivity index (χ4n) is 3.50. The molecule has 2 aliphatic rings. The van der Waals surface area contributed by atoms with Gasteiger partial charge in [-0.1, -0.05) is 12.5 Å². The predicted octanol–water partition coefficient (Wildman–Crippen LogP) is 3.63. The van der Waals surface area contributed by atoms with Crippen LogP contribution in [0, 0.1) is 21.3 Å². The van der Waals surface area contributed by atoms with Crippen LogP contribution < -0.4 is 5.32 Å². The zero-order chi connectivity index (χ0) is 14.1. The molecule has 0 radical (unpaired) electrons. The van der Waals surface area contributed by atoms with E-state index >= 15 is 0 Å². The summed E-state index contributed by atoms with van der Waals surface area (Å²) in [4.78, 5) is 24.4. The molecule has 4 heteroatoms. The third-order valence-electron chi connectivity index (χ3n) is 4.51. The molecule has 0 aliphatic heterocycles. The van der Waals surface area contributed by atoms with Crippen LogP contribution >= 0.6 is 22.6 Å². The van der Waals surface area contributed by atoms with Gasteiger partial charge in [0.15, 0.2) is 0 Å². The van der Waals surface area contributed by atoms with Gasteiger partial charge in [-0.15, -0.1) is 0 Å². The molecule has 0 aromatic heterocycles. The van der Waals surface area contributed by atoms with Gasteiger partial charge in [-0.25, -0.2) is 0 Å². The summed E-state index contributed by atoms with van der Waals surface area (Å²) in [7, 11) is 0. The number of hydrogen-bond acceptors (Lipinski definition) is 2. The van der Waals surface area contributed by atoms with E-state index in [-0.39, 0.29) is 23.7 Å². The van der Waals surface area contributed by atoms with Gasteiger partial charge >= 0.3 is 0 Å². The molecule has 1 N–H and O–H groups in total. The van der Waals surface area contributed by atoms with Gasteiger partial charge in [-0.05, 0) is 66.5 Å². The van der Waals surface area contributed by atoms with Crippen LogP contribution in [0.25, 0.3) is 0 Å². The van der Waals surface area contributed by atoms with Gasteiger partial charge in [0.2, 0.25) is 5.91 Å². The van der Waals surface area contributed by atoms with E-state index in [4.69, 9.17) is 0 Å². The maximum Gasteiger partial charge on any atom is 0.227 e. The van der Waals surface area contributed by atoms with Crippen LogP contribution in [0.1, 0.15) is 32.1 Å². The first kappa shape index (κ1) is 14.0. The Labute approximate surface area is 132 Å². The van der Waals surface area contributed by atoms with Crippen molar-refractivity contribution in [1.82, 2.24) is 0 Å². The molecule has 106 valence electrons. The van der Waals surface area contributed by atoms with E-state index in [1.165, 1.54) is 0 Å². The monoisotopic (exact) mass is 383 g/mol. The summed E-state index contributed by atoms with van der Waals surface area (Å²) in [6.07, 6.45) is 4.58. The van der Waals surface area contributed by atoms with E-state index in [1.807, 2.05) is 24.3 Å². The fourth-order valence-corrected chi connectivity index (χ4v) is 4.05. The Morgan fingerprint density at radius 2 is 1.90 bits per heavy atom. The van der Waals surface area contributed by atoms with Gasteiger partial charge in [0.05, 0.1) is 0 Å². The van der Waals surface area contributed by atoms with E-state index in [1.54, 1.807) is 0 Å². The van der Waals surface area contributed by atoms with Gasteiger partial charge in [0, 0.05) is 27.0 Å². The number of nitrogens with one attached hydrogen (secondary N) is 1. The highest BCUT2D eigenvalue weighted by atomic mass is 127. The van der Waals surface area contributed by atoms with Crippen LogP contribution in [0.2, 0.25) is 0 Å². The van der Waals surface area contributed by atoms with Crippen molar-refractivity contribution in [1.29, 1.82) is 0 Å². The third kappa shape index (κ3) is 2.90. The van der Waals surface area contributed by atoms with Gasteiger partial charge in [0.25, 0.3) is 0 Å². The smallest absolute Gasteiger partial charge is 0.227 e. The first-order chi connectivity index (χ1) is 9.63. The van der Waals surface area contributed by atoms with Gasteiger partial charge in [0.1, 0.15) is 5.78 Å². The van der Waals surface area contributed by atoms with Crippen LogP contribution in [0.4, 0.5) is 5.69 Å². The molecule has 2 fully saturated rings. The molecule has 3 rings (SSSR count). The number of carbonyl (C=O) groups is 2. The summed E-state index contributed by atoms with van der Waals surface area (Å²) in [6.45, 7) is 0. The molecule has 20 heavy (non-hydrogen) atoms. The minimum absolute atomic E-state index is 0.000803. The molecule has 3 atom stereocenters. The number of amides is 1. The number of anilines is 1. The minimum Gasteiger partial charge on any atom is -0.326 e. The largest absolute Gasteiger partial charge is 0.326 e. The van der Waals surface area contributed by atoms with Crippen molar-refractivity contribution < 1.29 is 9.59 Å². The van der Waals surface area contributed by atoms with E-state index < -0.39 is 0 Å². The highest BCUT2D eigenvalue weighted by Crippen LogP contribution is 2.40. The van der Waals surface area contributed by atoms with Crippen LogP contribution in [-0.4, -0.2) is 11.7 Å². The first-order valence-electron chi connectivity index (χ1n) is 7.23. The van der Waals surface area contributed by atoms with Crippen LogP contribution in [0.3, 0.4) is 0 Å². The molecule has 1 aromatic rings. The Morgan fingerprint density at radius 3 is 2.55 bits per heavy atom. The van der Waals surface area contributed by atoms with Crippen molar-refractivity contribution in [2.24, 2.45) is 17.8 Å². The lowest BCUT2D eigenvalue weighted by atomic mass is 9.67. The zero-order valence-electron chi connectivity index (χ0n) is 11.3. The molecule has 2 bridgehead atoms. The molecule has 1 unspecified atom stereocenters. The Morgan fingerprint density at radius 1 is 1.20 bits per heavy atom. The molecule has 1 amide bonds. The maximum absolute atomic E-state index is 12.4. The number of carbonyl (C=O) groups excluding carboxylic acids is 2. The first-order valence-corrected chi connectivity index (χ1v) is 8.31. The van der Waals surface area contributed by atoms with Crippen molar-refractivity contribution in [3.8, 4) is 0 Å². The number of rotatable bonds is 2. The average Bonchev–Trinajstić information content (AvgIpc) is 2.38. The summed E-state index contributed by atoms with van der Waals surface area (Å²) in [6, 6.07) is 7.82. The summed E-state index contributed by atoms with van der Waals surface area (Å²) in [5.41, 5.74) is 0.851. The van der Waals surface area contributed by atoms with E-state index in [0.717, 1.165) is 41.4 Å². The molecule has 2 saturated carbocycles. The van der Waals surface area contributed by atoms with Crippen molar-refractivity contribution in [3.05, 3.63) is 27.8 Å². The lowest BCUT2D eigenvalue weighted by Gasteiger charge is -2.36. The third-order valence-corrected chi connectivity index (χ3v) is 5.18. The van der Waals surface area contributed by atoms with Crippen molar-refractivity contribution >= 4 is 40.0 Å². The molecule has 0 spiro atoms. The second-order valence-corrected chi connectivity index (χ2v) is 7.14. The molecular formula is C16H18INO2. The molecule has 2 aliphatic carbocycles. The molecule has 3 nitrogen and oxygen atoms in total. The summed E-state index contributed by atoms with van der Waals surface area (Å²) in [5.74, 6) is 0.759.